The summed E-state index contributed by atoms with van der Waals surface area (Å²) in [6.45, 7) is 15.4. The highest BCUT2D eigenvalue weighted by molar-refractivity contribution is 6.31. The van der Waals surface area contributed by atoms with Gasteiger partial charge in [0.25, 0.3) is 0 Å². The number of piperazine rings is 2. The Balaban J connectivity index is 0.000000114. The standard InChI is InChI=1S/C29H24ClFN6.C29H23ClFN5.C28H24ClFN6O.C28H24F2N6/c1-36-9-11-37(12-10-36)28-7-4-19(18-34-28)20-13-21(17-32-16-20)24-15-27(25-14-22(30)5-6-26(25)31)35-29-23(24)3-2-8-33-29;30-22-5-8-27(31)26(15-22)28-16-25(24-2-1-9-34-29(24)35-28)21-14-20(17-33-18-21)19-3-6-23(7-4-19)36-12-10-32-11-13-36;29-22-3-4-26(30)25(13-22)27-14-24(23-2-1-5-32-28(23)34-27)20-12-19(15-31-16-20)21-17-33-36(18-21)7-6-35-8-10-37-11-9-35;1-35-9-6-22(7-10-35)36-17-20(16-33-36)18-11-19(15-31-14-18)24-13-27(25-12-21(29)4-5-26(25)30)34-28-23(24)3-2-8-32-28/h2-8,13-18H,9-12H2,1H3;1-9,14-18,32H,10-13H2;1-5,12-18H,6-11H2;2-5,8,11-17,22H,6-7,9-10H2,1H3. The number of anilines is 2. The van der Waals surface area contributed by atoms with Crippen molar-refractivity contribution in [1.82, 2.24) is 104 Å². The van der Waals surface area contributed by atoms with E-state index >= 15 is 0 Å². The quantitative estimate of drug-likeness (QED) is 0.0785. The van der Waals surface area contributed by atoms with Gasteiger partial charge in [-0.15, -0.1) is 0 Å². The van der Waals surface area contributed by atoms with Crippen LogP contribution in [0.5, 0.6) is 0 Å². The van der Waals surface area contributed by atoms with Gasteiger partial charge in [0.05, 0.1) is 61.0 Å². The highest BCUT2D eigenvalue weighted by Crippen LogP contribution is 2.42. The summed E-state index contributed by atoms with van der Waals surface area (Å²) in [4.78, 5) is 70.6. The van der Waals surface area contributed by atoms with Gasteiger partial charge < -0.3 is 29.7 Å². The molecule has 0 bridgehead atoms. The van der Waals surface area contributed by atoms with Gasteiger partial charge in [-0.1, -0.05) is 46.9 Å². The van der Waals surface area contributed by atoms with Crippen molar-refractivity contribution < 1.29 is 26.7 Å². The van der Waals surface area contributed by atoms with Gasteiger partial charge in [0.2, 0.25) is 0 Å². The van der Waals surface area contributed by atoms with Crippen LogP contribution in [0.2, 0.25) is 15.1 Å². The molecule has 0 radical (unpaired) electrons. The normalized spacial score (nSPS) is 14.3. The number of nitrogens with zero attached hydrogens (tertiary/aromatic N) is 22. The van der Waals surface area contributed by atoms with Crippen LogP contribution in [0.25, 0.3) is 178 Å². The van der Waals surface area contributed by atoms with E-state index in [4.69, 9.17) is 44.5 Å². The summed E-state index contributed by atoms with van der Waals surface area (Å²) in [6.07, 6.45) is 33.1. The van der Waals surface area contributed by atoms with E-state index in [0.29, 0.717) is 83.2 Å². The lowest BCUT2D eigenvalue weighted by Crippen LogP contribution is -2.44. The van der Waals surface area contributed by atoms with E-state index in [2.05, 4.69) is 179 Å². The van der Waals surface area contributed by atoms with Crippen LogP contribution < -0.4 is 15.1 Å². The Morgan fingerprint density at radius 2 is 0.726 bits per heavy atom. The number of hydrogen-bond acceptors (Lipinski definition) is 22. The predicted molar refractivity (Wildman–Crippen MR) is 567 cm³/mol. The number of pyridine rings is 13. The Morgan fingerprint density at radius 3 is 1.17 bits per heavy atom. The van der Waals surface area contributed by atoms with E-state index in [-0.39, 0.29) is 11.4 Å². The number of likely N-dealkylation sites (N-methyl/N-ethyl adjacent to an activating group) is 1. The molecule has 4 fully saturated rings. The molecule has 0 amide bonds. The van der Waals surface area contributed by atoms with Crippen LogP contribution in [0.3, 0.4) is 0 Å². The van der Waals surface area contributed by atoms with E-state index in [9.17, 15) is 22.0 Å². The number of halogens is 8. The van der Waals surface area contributed by atoms with Crippen molar-refractivity contribution in [1.29, 1.82) is 0 Å². The average molecular weight is 2000 g/mol. The van der Waals surface area contributed by atoms with E-state index in [1.165, 1.54) is 42.1 Å². The molecule has 0 aliphatic carbocycles. The zero-order valence-electron chi connectivity index (χ0n) is 79.5. The third-order valence-corrected chi connectivity index (χ3v) is 27.4. The van der Waals surface area contributed by atoms with Crippen LogP contribution in [0.1, 0.15) is 18.9 Å². The molecular weight excluding hydrogens is 1910 g/mol. The fourth-order valence-corrected chi connectivity index (χ4v) is 19.2. The van der Waals surface area contributed by atoms with Crippen LogP contribution in [0, 0.1) is 29.1 Å². The molecule has 4 saturated heterocycles. The SMILES string of the molecule is CN1CCC(n2cc(-c3cncc(-c4cc(-c5cc(F)ccc5F)nc5ncccc45)c3)cn2)CC1.CN1CCN(c2ccc(-c3cncc(-c4cc(-c5cc(Cl)ccc5F)nc5ncccc45)c3)cn2)CC1.Fc1ccc(Cl)cc1-c1cc(-c2cncc(-c3ccc(N4CCNCC4)cc3)c2)c2cccnc2n1.Fc1ccc(Cl)cc1-c1cc(-c2cncc(-c3cnn(CCN4CCOCC4)c3)c2)c2cccnc2n1. The molecule has 0 unspecified atom stereocenters. The van der Waals surface area contributed by atoms with Crippen LogP contribution in [-0.4, -0.2) is 211 Å². The van der Waals surface area contributed by atoms with Crippen molar-refractivity contribution in [2.24, 2.45) is 0 Å². The summed E-state index contributed by atoms with van der Waals surface area (Å²) >= 11 is 18.5. The molecule has 15 aromatic heterocycles. The Hall–Kier alpha value is -15.6. The maximum atomic E-state index is 14.7. The van der Waals surface area contributed by atoms with Crippen molar-refractivity contribution in [2.45, 2.75) is 25.4 Å². The molecule has 4 aliphatic heterocycles. The number of hydrogen-bond donors (Lipinski definition) is 1. The highest BCUT2D eigenvalue weighted by atomic mass is 35.5. The number of benzene rings is 5. The average Bonchev–Trinajstić information content (AvgIpc) is 0.889. The summed E-state index contributed by atoms with van der Waals surface area (Å²) in [5, 5.41) is 17.3. The number of ether oxygens (including phenoxy) is 1. The highest BCUT2D eigenvalue weighted by Gasteiger charge is 2.26. The first-order valence-electron chi connectivity index (χ1n) is 48.1. The topological polar surface area (TPSA) is 241 Å². The van der Waals surface area contributed by atoms with Gasteiger partial charge >= 0.3 is 0 Å². The second-order valence-corrected chi connectivity index (χ2v) is 37.5. The third kappa shape index (κ3) is 22.1. The van der Waals surface area contributed by atoms with E-state index in [1.54, 1.807) is 67.6 Å². The summed E-state index contributed by atoms with van der Waals surface area (Å²) in [6, 6.07) is 60.8. The van der Waals surface area contributed by atoms with Gasteiger partial charge in [0.15, 0.2) is 22.6 Å². The van der Waals surface area contributed by atoms with Crippen molar-refractivity contribution in [3.8, 4) is 134 Å². The summed E-state index contributed by atoms with van der Waals surface area (Å²) in [5.74, 6) is -1.25. The lowest BCUT2D eigenvalue weighted by atomic mass is 9.98. The first-order chi connectivity index (χ1) is 71.4. The zero-order valence-corrected chi connectivity index (χ0v) is 81.8. The number of morpholine rings is 1. The zero-order chi connectivity index (χ0) is 99.7. The first-order valence-corrected chi connectivity index (χ1v) is 49.2. The fourth-order valence-electron chi connectivity index (χ4n) is 18.7. The minimum atomic E-state index is -0.543. The summed E-state index contributed by atoms with van der Waals surface area (Å²) in [7, 11) is 4.29. The molecule has 5 aromatic carbocycles. The monoisotopic (exact) mass is 2000 g/mol. The van der Waals surface area contributed by atoms with Crippen molar-refractivity contribution in [2.75, 3.05) is 122 Å². The summed E-state index contributed by atoms with van der Waals surface area (Å²) < 4.78 is 82.1. The Kier molecular flexibility index (Phi) is 29.1. The molecule has 24 nitrogen and oxygen atoms in total. The summed E-state index contributed by atoms with van der Waals surface area (Å²) in [5.41, 5.74) is 20.8. The van der Waals surface area contributed by atoms with Gasteiger partial charge in [-0.2, -0.15) is 10.2 Å². The molecule has 728 valence electrons. The lowest BCUT2D eigenvalue weighted by Gasteiger charge is -2.33. The van der Waals surface area contributed by atoms with Crippen molar-refractivity contribution in [3.63, 3.8) is 0 Å². The maximum Gasteiger partial charge on any atom is 0.160 e. The fraction of sp³-hybridized carbons (Fsp3) is 0.184. The van der Waals surface area contributed by atoms with Crippen molar-refractivity contribution in [3.05, 3.63) is 356 Å². The predicted octanol–water partition coefficient (Wildman–Crippen LogP) is 23.3. The van der Waals surface area contributed by atoms with Crippen LogP contribution in [-0.2, 0) is 11.3 Å². The number of likely N-dealkylation sites (tertiary alicyclic amines) is 1. The number of aromatic nitrogens is 17. The van der Waals surface area contributed by atoms with Gasteiger partial charge in [-0.25, -0.2) is 66.8 Å². The van der Waals surface area contributed by atoms with Gasteiger partial charge in [0.1, 0.15) is 34.9 Å². The number of piperidine rings is 1. The lowest BCUT2D eigenvalue weighted by molar-refractivity contribution is 0.0360. The minimum Gasteiger partial charge on any atom is -0.379 e. The van der Waals surface area contributed by atoms with E-state index in [0.717, 1.165) is 252 Å². The molecule has 0 atom stereocenters. The van der Waals surface area contributed by atoms with Crippen LogP contribution >= 0.6 is 34.8 Å². The van der Waals surface area contributed by atoms with Gasteiger partial charge in [-0.3, -0.25) is 34.2 Å². The molecule has 146 heavy (non-hydrogen) atoms. The maximum absolute atomic E-state index is 14.7. The molecule has 0 spiro atoms. The molecule has 32 heteroatoms. The largest absolute Gasteiger partial charge is 0.379 e. The second kappa shape index (κ2) is 43.9. The molecule has 0 saturated carbocycles. The third-order valence-electron chi connectivity index (χ3n) is 26.7. The van der Waals surface area contributed by atoms with Crippen molar-refractivity contribution >= 4 is 90.4 Å². The van der Waals surface area contributed by atoms with Crippen LogP contribution in [0.15, 0.2) is 312 Å². The van der Waals surface area contributed by atoms with E-state index in [1.807, 2.05) is 133 Å². The Morgan fingerprint density at radius 1 is 0.329 bits per heavy atom. The molecule has 19 heterocycles. The molecule has 24 rings (SSSR count). The number of rotatable bonds is 18. The Labute approximate surface area is 853 Å². The van der Waals surface area contributed by atoms with Crippen LogP contribution in [0.4, 0.5) is 33.5 Å². The molecule has 1 N–H and O–H groups in total. The molecule has 4 aliphatic rings. The van der Waals surface area contributed by atoms with E-state index < -0.39 is 23.3 Å². The van der Waals surface area contributed by atoms with Gasteiger partial charge in [-0.05, 0) is 262 Å². The first kappa shape index (κ1) is 96.6. The number of fused-ring (bicyclic) bond motifs is 4. The smallest absolute Gasteiger partial charge is 0.160 e. The minimum absolute atomic E-state index is 0.0901. The number of nitrogens with one attached hydrogen (secondary N) is 1. The molecule has 20 aromatic rings. The van der Waals surface area contributed by atoms with Gasteiger partial charge in [0, 0.05) is 291 Å². The second-order valence-electron chi connectivity index (χ2n) is 36.2. The molecular formula is C114H95Cl3F5N23O. The Bertz CT molecular complexity index is 8140.